The maximum Gasteiger partial charge on any atom is 0.226 e. The van der Waals surface area contributed by atoms with E-state index in [0.717, 1.165) is 43.7 Å². The van der Waals surface area contributed by atoms with Crippen molar-refractivity contribution in [3.05, 3.63) is 42.2 Å². The Labute approximate surface area is 130 Å². The number of aromatic nitrogens is 2. The van der Waals surface area contributed by atoms with Crippen molar-refractivity contribution < 1.29 is 4.79 Å². The molecule has 1 aromatic heterocycles. The number of allylic oxidation sites excluding steroid dienone is 2. The Kier molecular flexibility index (Phi) is 3.25. The number of hydrogen-bond donors (Lipinski definition) is 0. The van der Waals surface area contributed by atoms with E-state index < -0.39 is 0 Å². The van der Waals surface area contributed by atoms with Crippen molar-refractivity contribution in [3.63, 3.8) is 0 Å². The second-order valence-electron chi connectivity index (χ2n) is 6.40. The van der Waals surface area contributed by atoms with Crippen molar-refractivity contribution >= 4 is 16.9 Å². The van der Waals surface area contributed by atoms with E-state index in [1.165, 1.54) is 5.52 Å². The summed E-state index contributed by atoms with van der Waals surface area (Å²) < 4.78 is 2.29. The Morgan fingerprint density at radius 2 is 2.05 bits per heavy atom. The fourth-order valence-corrected chi connectivity index (χ4v) is 3.70. The van der Waals surface area contributed by atoms with Crippen LogP contribution in [-0.4, -0.2) is 33.4 Å². The summed E-state index contributed by atoms with van der Waals surface area (Å²) in [5, 5.41) is 0. The third-order valence-corrected chi connectivity index (χ3v) is 4.93. The van der Waals surface area contributed by atoms with Crippen LogP contribution in [0.5, 0.6) is 0 Å². The molecule has 2 aliphatic rings. The highest BCUT2D eigenvalue weighted by molar-refractivity contribution is 5.80. The van der Waals surface area contributed by atoms with Crippen molar-refractivity contribution in [2.75, 3.05) is 13.1 Å². The van der Waals surface area contributed by atoms with Crippen LogP contribution in [0.4, 0.5) is 0 Å². The number of benzene rings is 1. The number of rotatable bonds is 2. The van der Waals surface area contributed by atoms with Gasteiger partial charge in [-0.05, 0) is 38.3 Å². The molecular weight excluding hydrogens is 274 g/mol. The molecular formula is C18H21N3O. The van der Waals surface area contributed by atoms with Gasteiger partial charge in [-0.3, -0.25) is 4.79 Å². The molecule has 0 bridgehead atoms. The highest BCUT2D eigenvalue weighted by Gasteiger charge is 2.36. The molecule has 1 saturated heterocycles. The summed E-state index contributed by atoms with van der Waals surface area (Å²) in [7, 11) is 0. The number of carbonyl (C=O) groups excluding carboxylic acids is 1. The Hall–Kier alpha value is -2.10. The average molecular weight is 295 g/mol. The number of amides is 1. The van der Waals surface area contributed by atoms with Gasteiger partial charge in [0, 0.05) is 19.0 Å². The van der Waals surface area contributed by atoms with E-state index in [4.69, 9.17) is 0 Å². The van der Waals surface area contributed by atoms with Gasteiger partial charge in [-0.15, -0.1) is 0 Å². The minimum absolute atomic E-state index is 0.201. The van der Waals surface area contributed by atoms with Crippen LogP contribution in [0.25, 0.3) is 11.0 Å². The SMILES string of the molecule is Cc1nc2ccccc2n1C1CN(C(=O)C2CC=CCC2)C1. The number of carbonyl (C=O) groups is 1. The number of fused-ring (bicyclic) bond motifs is 1. The molecule has 1 amide bonds. The number of hydrogen-bond acceptors (Lipinski definition) is 2. The summed E-state index contributed by atoms with van der Waals surface area (Å²) in [5.74, 6) is 1.58. The van der Waals surface area contributed by atoms with Crippen molar-refractivity contribution in [1.82, 2.24) is 14.5 Å². The average Bonchev–Trinajstić information content (AvgIpc) is 2.83. The van der Waals surface area contributed by atoms with E-state index in [-0.39, 0.29) is 5.92 Å². The molecule has 1 aliphatic carbocycles. The van der Waals surface area contributed by atoms with Crippen LogP contribution in [0, 0.1) is 12.8 Å². The zero-order valence-corrected chi connectivity index (χ0v) is 12.9. The monoisotopic (exact) mass is 295 g/mol. The standard InChI is InChI=1S/C18H21N3O/c1-13-19-16-9-5-6-10-17(16)21(13)15-11-20(12-15)18(22)14-7-3-2-4-8-14/h2-3,5-6,9-10,14-15H,4,7-8,11-12H2,1H3. The van der Waals surface area contributed by atoms with Gasteiger partial charge >= 0.3 is 0 Å². The molecule has 1 aliphatic heterocycles. The first-order valence-corrected chi connectivity index (χ1v) is 8.11. The van der Waals surface area contributed by atoms with E-state index in [1.807, 2.05) is 11.0 Å². The Morgan fingerprint density at radius 3 is 2.82 bits per heavy atom. The lowest BCUT2D eigenvalue weighted by atomic mass is 9.91. The number of imidazole rings is 1. The lowest BCUT2D eigenvalue weighted by Crippen LogP contribution is -2.52. The minimum atomic E-state index is 0.201. The fourth-order valence-electron chi connectivity index (χ4n) is 3.70. The second kappa shape index (κ2) is 5.27. The van der Waals surface area contributed by atoms with Gasteiger partial charge in [0.15, 0.2) is 0 Å². The number of likely N-dealkylation sites (tertiary alicyclic amines) is 1. The second-order valence-corrected chi connectivity index (χ2v) is 6.40. The van der Waals surface area contributed by atoms with Crippen LogP contribution in [0.3, 0.4) is 0 Å². The number of aryl methyl sites for hydroxylation is 1. The minimum Gasteiger partial charge on any atom is -0.338 e. The van der Waals surface area contributed by atoms with Crippen LogP contribution in [-0.2, 0) is 4.79 Å². The van der Waals surface area contributed by atoms with Crippen molar-refractivity contribution in [2.45, 2.75) is 32.2 Å². The third kappa shape index (κ3) is 2.14. The van der Waals surface area contributed by atoms with Crippen LogP contribution in [0.15, 0.2) is 36.4 Å². The van der Waals surface area contributed by atoms with E-state index in [2.05, 4.69) is 46.8 Å². The molecule has 114 valence electrons. The number of nitrogens with zero attached hydrogens (tertiary/aromatic N) is 3. The Balaban J connectivity index is 1.49. The Morgan fingerprint density at radius 1 is 1.23 bits per heavy atom. The van der Waals surface area contributed by atoms with Crippen LogP contribution in [0.2, 0.25) is 0 Å². The fraction of sp³-hybridized carbons (Fsp3) is 0.444. The maximum atomic E-state index is 12.5. The molecule has 4 heteroatoms. The first-order valence-electron chi connectivity index (χ1n) is 8.11. The molecule has 1 fully saturated rings. The molecule has 0 N–H and O–H groups in total. The lowest BCUT2D eigenvalue weighted by Gasteiger charge is -2.42. The molecule has 1 unspecified atom stereocenters. The molecule has 4 nitrogen and oxygen atoms in total. The quantitative estimate of drug-likeness (QED) is 0.799. The summed E-state index contributed by atoms with van der Waals surface area (Å²) in [4.78, 5) is 19.2. The zero-order valence-electron chi connectivity index (χ0n) is 12.9. The van der Waals surface area contributed by atoms with Gasteiger partial charge in [-0.25, -0.2) is 4.98 Å². The summed E-state index contributed by atoms with van der Waals surface area (Å²) in [5.41, 5.74) is 2.22. The van der Waals surface area contributed by atoms with Gasteiger partial charge in [-0.1, -0.05) is 24.3 Å². The van der Waals surface area contributed by atoms with E-state index in [0.29, 0.717) is 11.9 Å². The summed E-state index contributed by atoms with van der Waals surface area (Å²) in [6.45, 7) is 3.69. The molecule has 0 spiro atoms. The molecule has 22 heavy (non-hydrogen) atoms. The summed E-state index contributed by atoms with van der Waals surface area (Å²) in [6, 6.07) is 8.61. The van der Waals surface area contributed by atoms with Crippen LogP contribution >= 0.6 is 0 Å². The number of para-hydroxylation sites is 2. The van der Waals surface area contributed by atoms with Gasteiger partial charge in [0.1, 0.15) is 5.82 Å². The topological polar surface area (TPSA) is 38.1 Å². The van der Waals surface area contributed by atoms with Crippen molar-refractivity contribution in [1.29, 1.82) is 0 Å². The predicted octanol–water partition coefficient (Wildman–Crippen LogP) is 3.08. The summed E-state index contributed by atoms with van der Waals surface area (Å²) >= 11 is 0. The van der Waals surface area contributed by atoms with Crippen LogP contribution < -0.4 is 0 Å². The van der Waals surface area contributed by atoms with Gasteiger partial charge in [0.25, 0.3) is 0 Å². The zero-order chi connectivity index (χ0) is 15.1. The first-order chi connectivity index (χ1) is 10.7. The molecule has 0 radical (unpaired) electrons. The molecule has 1 atom stereocenters. The molecule has 2 aromatic rings. The highest BCUT2D eigenvalue weighted by atomic mass is 16.2. The van der Waals surface area contributed by atoms with E-state index in [1.54, 1.807) is 0 Å². The normalized spacial score (nSPS) is 22.0. The maximum absolute atomic E-state index is 12.5. The summed E-state index contributed by atoms with van der Waals surface area (Å²) in [6.07, 6.45) is 7.29. The van der Waals surface area contributed by atoms with Gasteiger partial charge in [-0.2, -0.15) is 0 Å². The van der Waals surface area contributed by atoms with E-state index >= 15 is 0 Å². The van der Waals surface area contributed by atoms with Gasteiger partial charge in [0.05, 0.1) is 17.1 Å². The predicted molar refractivity (Wildman–Crippen MR) is 86.6 cm³/mol. The van der Waals surface area contributed by atoms with Gasteiger partial charge in [0.2, 0.25) is 5.91 Å². The van der Waals surface area contributed by atoms with Crippen molar-refractivity contribution in [2.24, 2.45) is 5.92 Å². The first kappa shape index (κ1) is 13.6. The van der Waals surface area contributed by atoms with E-state index in [9.17, 15) is 4.79 Å². The van der Waals surface area contributed by atoms with Gasteiger partial charge < -0.3 is 9.47 Å². The van der Waals surface area contributed by atoms with Crippen LogP contribution in [0.1, 0.15) is 31.1 Å². The molecule has 2 heterocycles. The molecule has 4 rings (SSSR count). The molecule has 1 aromatic carbocycles. The third-order valence-electron chi connectivity index (χ3n) is 4.93. The highest BCUT2D eigenvalue weighted by Crippen LogP contribution is 2.30. The molecule has 0 saturated carbocycles. The van der Waals surface area contributed by atoms with Crippen molar-refractivity contribution in [3.8, 4) is 0 Å². The Bertz CT molecular complexity index is 740. The largest absolute Gasteiger partial charge is 0.338 e. The smallest absolute Gasteiger partial charge is 0.226 e. The lowest BCUT2D eigenvalue weighted by molar-refractivity contribution is -0.141.